The average molecular weight is 374 g/mol. The third kappa shape index (κ3) is 4.63. The number of aromatic nitrogens is 2. The lowest BCUT2D eigenvalue weighted by Gasteiger charge is -2.05. The molecule has 0 aliphatic rings. The Kier molecular flexibility index (Phi) is 5.57. The van der Waals surface area contributed by atoms with Gasteiger partial charge in [0.1, 0.15) is 11.3 Å². The molecule has 0 unspecified atom stereocenters. The maximum atomic E-state index is 12.0. The molecule has 0 aliphatic heterocycles. The molecule has 8 nitrogen and oxygen atoms in total. The van der Waals surface area contributed by atoms with Crippen molar-refractivity contribution in [3.63, 3.8) is 0 Å². The molecule has 0 bridgehead atoms. The number of benzene rings is 1. The molecule has 2 aromatic heterocycles. The van der Waals surface area contributed by atoms with E-state index in [0.29, 0.717) is 40.7 Å². The lowest BCUT2D eigenvalue weighted by molar-refractivity contribution is -0.114. The number of hydrogen-bond acceptors (Lipinski definition) is 7. The molecule has 0 atom stereocenters. The first-order valence-corrected chi connectivity index (χ1v) is 9.19. The van der Waals surface area contributed by atoms with E-state index >= 15 is 0 Å². The molecule has 3 aromatic rings. The highest BCUT2D eigenvalue weighted by atomic mass is 32.2. The van der Waals surface area contributed by atoms with E-state index in [9.17, 15) is 9.59 Å². The van der Waals surface area contributed by atoms with Crippen LogP contribution in [0.5, 0.6) is 0 Å². The zero-order chi connectivity index (χ0) is 18.5. The molecule has 3 rings (SSSR count). The van der Waals surface area contributed by atoms with Gasteiger partial charge in [0.25, 0.3) is 0 Å². The van der Waals surface area contributed by atoms with Crippen molar-refractivity contribution >= 4 is 46.2 Å². The molecule has 136 valence electrons. The summed E-state index contributed by atoms with van der Waals surface area (Å²) in [5.74, 6) is 1.50. The van der Waals surface area contributed by atoms with Crippen LogP contribution in [0.15, 0.2) is 33.2 Å². The number of fused-ring (bicyclic) bond motifs is 1. The lowest BCUT2D eigenvalue weighted by atomic mass is 10.3. The number of rotatable bonds is 7. The van der Waals surface area contributed by atoms with Crippen LogP contribution in [0.4, 0.5) is 11.5 Å². The zero-order valence-corrected chi connectivity index (χ0v) is 15.2. The minimum atomic E-state index is -0.243. The van der Waals surface area contributed by atoms with Crippen molar-refractivity contribution in [3.05, 3.63) is 35.9 Å². The number of nitrogens with zero attached hydrogens (tertiary/aromatic N) is 2. The maximum Gasteiger partial charge on any atom is 0.235 e. The Balaban J connectivity index is 1.45. The smallest absolute Gasteiger partial charge is 0.235 e. The predicted molar refractivity (Wildman–Crippen MR) is 99.2 cm³/mol. The Morgan fingerprint density at radius 3 is 2.62 bits per heavy atom. The Hall–Kier alpha value is -2.81. The van der Waals surface area contributed by atoms with Gasteiger partial charge in [-0.2, -0.15) is 0 Å². The highest BCUT2D eigenvalue weighted by Gasteiger charge is 2.10. The Morgan fingerprint density at radius 2 is 1.92 bits per heavy atom. The fraction of sp³-hybridized carbons (Fsp3) is 0.294. The number of anilines is 2. The molecular weight excluding hydrogens is 356 g/mol. The standard InChI is InChI=1S/C17H18N4O4S/c1-3-17-19-12-7-11(4-5-13(12)24-17)18-15(22)8-26-9-16(23)20-14-6-10(2)25-21-14/h4-7H,3,8-9H2,1-2H3,(H,18,22)(H,20,21,23). The largest absolute Gasteiger partial charge is 0.441 e. The number of carbonyl (C=O) groups excluding carboxylic acids is 2. The first kappa shape index (κ1) is 18.0. The van der Waals surface area contributed by atoms with E-state index in [4.69, 9.17) is 8.94 Å². The SMILES string of the molecule is CCc1nc2cc(NC(=O)CSCC(=O)Nc3cc(C)on3)ccc2o1. The summed E-state index contributed by atoms with van der Waals surface area (Å²) in [6, 6.07) is 6.92. The van der Waals surface area contributed by atoms with Gasteiger partial charge in [-0.05, 0) is 25.1 Å². The predicted octanol–water partition coefficient (Wildman–Crippen LogP) is 3.00. The van der Waals surface area contributed by atoms with Crippen molar-refractivity contribution in [3.8, 4) is 0 Å². The van der Waals surface area contributed by atoms with Crippen molar-refractivity contribution in [1.82, 2.24) is 10.1 Å². The summed E-state index contributed by atoms with van der Waals surface area (Å²) in [6.07, 6.45) is 0.711. The van der Waals surface area contributed by atoms with E-state index in [1.54, 1.807) is 31.2 Å². The molecule has 0 saturated heterocycles. The summed E-state index contributed by atoms with van der Waals surface area (Å²) in [5.41, 5.74) is 2.03. The van der Waals surface area contributed by atoms with Crippen LogP contribution in [-0.4, -0.2) is 33.5 Å². The molecule has 0 radical (unpaired) electrons. The van der Waals surface area contributed by atoms with Gasteiger partial charge in [0.05, 0.1) is 11.5 Å². The van der Waals surface area contributed by atoms with Crippen LogP contribution in [0.3, 0.4) is 0 Å². The molecule has 26 heavy (non-hydrogen) atoms. The summed E-state index contributed by atoms with van der Waals surface area (Å²) in [6.45, 7) is 3.70. The molecule has 0 fully saturated rings. The number of thioether (sulfide) groups is 1. The van der Waals surface area contributed by atoms with Crippen LogP contribution < -0.4 is 10.6 Å². The highest BCUT2D eigenvalue weighted by Crippen LogP contribution is 2.20. The van der Waals surface area contributed by atoms with Gasteiger partial charge in [-0.3, -0.25) is 9.59 Å². The maximum absolute atomic E-state index is 12.0. The molecule has 9 heteroatoms. The topological polar surface area (TPSA) is 110 Å². The quantitative estimate of drug-likeness (QED) is 0.654. The third-order valence-electron chi connectivity index (χ3n) is 3.38. The van der Waals surface area contributed by atoms with Gasteiger partial charge in [0.2, 0.25) is 11.8 Å². The van der Waals surface area contributed by atoms with Gasteiger partial charge in [0, 0.05) is 18.2 Å². The first-order valence-electron chi connectivity index (χ1n) is 8.03. The van der Waals surface area contributed by atoms with Crippen molar-refractivity contribution in [2.24, 2.45) is 0 Å². The molecular formula is C17H18N4O4S. The van der Waals surface area contributed by atoms with Crippen molar-refractivity contribution in [1.29, 1.82) is 0 Å². The van der Waals surface area contributed by atoms with Crippen LogP contribution in [0.2, 0.25) is 0 Å². The van der Waals surface area contributed by atoms with Crippen LogP contribution in [0, 0.1) is 6.92 Å². The molecule has 0 saturated carbocycles. The van der Waals surface area contributed by atoms with Gasteiger partial charge in [0.15, 0.2) is 17.3 Å². The van der Waals surface area contributed by atoms with Crippen molar-refractivity contribution < 1.29 is 18.5 Å². The van der Waals surface area contributed by atoms with Crippen molar-refractivity contribution in [2.75, 3.05) is 22.1 Å². The first-order chi connectivity index (χ1) is 12.5. The van der Waals surface area contributed by atoms with E-state index < -0.39 is 0 Å². The number of nitrogens with one attached hydrogen (secondary N) is 2. The second kappa shape index (κ2) is 8.05. The van der Waals surface area contributed by atoms with Crippen LogP contribution in [0.1, 0.15) is 18.6 Å². The van der Waals surface area contributed by atoms with E-state index in [2.05, 4.69) is 20.8 Å². The molecule has 0 spiro atoms. The molecule has 1 aromatic carbocycles. The average Bonchev–Trinajstić information content (AvgIpc) is 3.20. The highest BCUT2D eigenvalue weighted by molar-refractivity contribution is 8.00. The number of hydrogen-bond donors (Lipinski definition) is 2. The van der Waals surface area contributed by atoms with Gasteiger partial charge >= 0.3 is 0 Å². The summed E-state index contributed by atoms with van der Waals surface area (Å²) in [7, 11) is 0. The Labute approximate surface area is 153 Å². The van der Waals surface area contributed by atoms with E-state index in [0.717, 1.165) is 0 Å². The fourth-order valence-corrected chi connectivity index (χ4v) is 2.86. The van der Waals surface area contributed by atoms with Gasteiger partial charge in [-0.15, -0.1) is 11.8 Å². The van der Waals surface area contributed by atoms with Crippen LogP contribution >= 0.6 is 11.8 Å². The van der Waals surface area contributed by atoms with Gasteiger partial charge in [-0.1, -0.05) is 12.1 Å². The summed E-state index contributed by atoms with van der Waals surface area (Å²) in [5, 5.41) is 9.07. The summed E-state index contributed by atoms with van der Waals surface area (Å²) < 4.78 is 10.4. The number of amides is 2. The third-order valence-corrected chi connectivity index (χ3v) is 4.31. The van der Waals surface area contributed by atoms with E-state index in [1.807, 2.05) is 6.92 Å². The summed E-state index contributed by atoms with van der Waals surface area (Å²) >= 11 is 1.21. The minimum absolute atomic E-state index is 0.140. The Morgan fingerprint density at radius 1 is 1.15 bits per heavy atom. The lowest BCUT2D eigenvalue weighted by Crippen LogP contribution is -2.18. The van der Waals surface area contributed by atoms with Crippen molar-refractivity contribution in [2.45, 2.75) is 20.3 Å². The second-order valence-corrected chi connectivity index (χ2v) is 6.54. The summed E-state index contributed by atoms with van der Waals surface area (Å²) in [4.78, 5) is 28.1. The number of carbonyl (C=O) groups is 2. The minimum Gasteiger partial charge on any atom is -0.441 e. The van der Waals surface area contributed by atoms with E-state index in [1.165, 1.54) is 11.8 Å². The van der Waals surface area contributed by atoms with E-state index in [-0.39, 0.29) is 23.3 Å². The zero-order valence-electron chi connectivity index (χ0n) is 14.4. The normalized spacial score (nSPS) is 10.8. The molecule has 2 amide bonds. The number of aryl methyl sites for hydroxylation is 2. The van der Waals surface area contributed by atoms with Crippen LogP contribution in [0.25, 0.3) is 11.1 Å². The molecule has 2 N–H and O–H groups in total. The second-order valence-electron chi connectivity index (χ2n) is 5.56. The van der Waals surface area contributed by atoms with Crippen LogP contribution in [-0.2, 0) is 16.0 Å². The molecule has 2 heterocycles. The fourth-order valence-electron chi connectivity index (χ4n) is 2.24. The number of oxazole rings is 1. The Bertz CT molecular complexity index is 934. The van der Waals surface area contributed by atoms with Gasteiger partial charge < -0.3 is 19.6 Å². The molecule has 0 aliphatic carbocycles. The van der Waals surface area contributed by atoms with Gasteiger partial charge in [-0.25, -0.2) is 4.98 Å². The monoisotopic (exact) mass is 374 g/mol.